The number of aromatic nitrogens is 6. The predicted octanol–water partition coefficient (Wildman–Crippen LogP) is 7.85. The van der Waals surface area contributed by atoms with Crippen molar-refractivity contribution in [1.29, 1.82) is 0 Å². The summed E-state index contributed by atoms with van der Waals surface area (Å²) in [6, 6.07) is 24.4. The van der Waals surface area contributed by atoms with Crippen molar-refractivity contribution in [3.63, 3.8) is 0 Å². The molecule has 9 aromatic rings. The number of anilines is 4. The number of aromatic amines is 3. The summed E-state index contributed by atoms with van der Waals surface area (Å²) in [7, 11) is 0. The highest BCUT2D eigenvalue weighted by molar-refractivity contribution is 9.11. The van der Waals surface area contributed by atoms with Gasteiger partial charge in [-0.2, -0.15) is 0 Å². The van der Waals surface area contributed by atoms with Crippen LogP contribution in [0.4, 0.5) is 23.5 Å². The van der Waals surface area contributed by atoms with Crippen molar-refractivity contribution < 1.29 is 0 Å². The molecule has 0 fully saturated rings. The van der Waals surface area contributed by atoms with Crippen LogP contribution in [0.3, 0.4) is 0 Å². The zero-order valence-electron chi connectivity index (χ0n) is 28.6. The number of benzene rings is 6. The van der Waals surface area contributed by atoms with E-state index < -0.39 is 0 Å². The summed E-state index contributed by atoms with van der Waals surface area (Å²) in [5.41, 5.74) is 24.2. The van der Waals surface area contributed by atoms with Crippen LogP contribution in [0, 0.1) is 0 Å². The van der Waals surface area contributed by atoms with Gasteiger partial charge in [0.1, 0.15) is 0 Å². The fraction of sp³-hybridized carbons (Fsp3) is 0.0526. The molecular weight excluding hydrogens is 872 g/mol. The molecule has 0 saturated carbocycles. The summed E-state index contributed by atoms with van der Waals surface area (Å²) in [6.07, 6.45) is 0. The monoisotopic (exact) mass is 898 g/mol. The average molecular weight is 901 g/mol. The van der Waals surface area contributed by atoms with Gasteiger partial charge in [0.15, 0.2) is 0 Å². The molecule has 3 heterocycles. The molecule has 0 bridgehead atoms. The third-order valence-electron chi connectivity index (χ3n) is 8.62. The SMILES string of the molecule is CCSc1ccc2ccc3nc(N)[nH]c(=O)c3c2c1.Nc1nc2ccc3c(Br)c(N)c(Br)cc3c2c(=O)[nH]1.Nc1nc2ccc3c(Cl)cccc3c2c(=O)[nH]1. The number of thioether (sulfide) groups is 1. The number of fused-ring (bicyclic) bond motifs is 9. The highest BCUT2D eigenvalue weighted by atomic mass is 79.9. The number of nitrogen functional groups attached to an aromatic ring is 4. The second-order valence-corrected chi connectivity index (χ2v) is 15.5. The molecule has 0 spiro atoms. The Kier molecular flexibility index (Phi) is 10.4. The Balaban J connectivity index is 0.000000127. The third kappa shape index (κ3) is 7.28. The van der Waals surface area contributed by atoms with E-state index in [1.807, 2.05) is 48.5 Å². The summed E-state index contributed by atoms with van der Waals surface area (Å²) >= 11 is 14.7. The van der Waals surface area contributed by atoms with Crippen molar-refractivity contribution in [2.24, 2.45) is 0 Å². The first-order chi connectivity index (χ1) is 26.3. The van der Waals surface area contributed by atoms with Crippen molar-refractivity contribution >= 4 is 144 Å². The summed E-state index contributed by atoms with van der Waals surface area (Å²) in [6.45, 7) is 2.10. The zero-order chi connectivity index (χ0) is 39.1. The van der Waals surface area contributed by atoms with Crippen LogP contribution in [0.15, 0.2) is 107 Å². The highest BCUT2D eigenvalue weighted by Gasteiger charge is 2.13. The van der Waals surface area contributed by atoms with Crippen LogP contribution in [0.1, 0.15) is 6.92 Å². The molecule has 6 aromatic carbocycles. The Morgan fingerprint density at radius 3 is 1.71 bits per heavy atom. The van der Waals surface area contributed by atoms with Gasteiger partial charge in [-0.3, -0.25) is 29.3 Å². The molecule has 13 nitrogen and oxygen atoms in total. The number of H-pyrrole nitrogens is 3. The smallest absolute Gasteiger partial charge is 0.260 e. The number of nitrogens with zero attached hydrogens (tertiary/aromatic N) is 3. The van der Waals surface area contributed by atoms with Crippen LogP contribution in [-0.4, -0.2) is 35.7 Å². The van der Waals surface area contributed by atoms with Crippen molar-refractivity contribution in [1.82, 2.24) is 29.9 Å². The Hall–Kier alpha value is -5.68. The standard InChI is InChI=1S/C14H13N3OS.C12H8Br2N4O.C12H8ClN3O/c1-2-19-9-5-3-8-4-6-11-12(10(8)7-9)13(18)17-14(15)16-11;13-6-3-5-4(9(14)10(6)15)1-2-7-8(5)11(19)18-12(16)17-7;13-8-3-1-2-7-6(8)4-5-9-10(7)11(17)16-12(14)15-9/h3-7H,2H2,1H3,(H3,15,16,17,18);1-3H,15H2,(H3,16,17,18,19);1-5H,(H3,14,15,16,17). The van der Waals surface area contributed by atoms with Gasteiger partial charge >= 0.3 is 0 Å². The van der Waals surface area contributed by atoms with Gasteiger partial charge in [-0.25, -0.2) is 15.0 Å². The molecule has 9 rings (SSSR count). The van der Waals surface area contributed by atoms with E-state index in [0.29, 0.717) is 43.4 Å². The van der Waals surface area contributed by atoms with E-state index in [1.165, 1.54) is 0 Å². The van der Waals surface area contributed by atoms with Crippen molar-refractivity contribution in [2.75, 3.05) is 28.7 Å². The fourth-order valence-corrected chi connectivity index (χ4v) is 8.45. The number of rotatable bonds is 2. The number of hydrogen-bond acceptors (Lipinski definition) is 11. The summed E-state index contributed by atoms with van der Waals surface area (Å²) in [5, 5.41) is 7.40. The van der Waals surface area contributed by atoms with Gasteiger partial charge in [0, 0.05) is 24.2 Å². The second kappa shape index (κ2) is 15.2. The van der Waals surface area contributed by atoms with Gasteiger partial charge < -0.3 is 22.9 Å². The van der Waals surface area contributed by atoms with Crippen molar-refractivity contribution in [3.8, 4) is 0 Å². The maximum absolute atomic E-state index is 12.1. The fourth-order valence-electron chi connectivity index (χ4n) is 6.26. The Morgan fingerprint density at radius 2 is 1.13 bits per heavy atom. The van der Waals surface area contributed by atoms with Crippen molar-refractivity contribution in [2.45, 2.75) is 11.8 Å². The molecule has 17 heteroatoms. The van der Waals surface area contributed by atoms with Gasteiger partial charge in [-0.15, -0.1) is 11.8 Å². The first-order valence-electron chi connectivity index (χ1n) is 16.4. The molecule has 11 N–H and O–H groups in total. The van der Waals surface area contributed by atoms with Crippen molar-refractivity contribution in [3.05, 3.63) is 124 Å². The lowest BCUT2D eigenvalue weighted by Crippen LogP contribution is -2.11. The van der Waals surface area contributed by atoms with E-state index in [0.717, 1.165) is 51.9 Å². The molecule has 55 heavy (non-hydrogen) atoms. The second-order valence-electron chi connectivity index (χ2n) is 12.1. The minimum atomic E-state index is -0.267. The number of nitrogens with two attached hydrogens (primary N) is 4. The maximum atomic E-state index is 12.1. The minimum absolute atomic E-state index is 0.102. The van der Waals surface area contributed by atoms with E-state index in [2.05, 4.69) is 74.8 Å². The average Bonchev–Trinajstić information content (AvgIpc) is 3.13. The van der Waals surface area contributed by atoms with Gasteiger partial charge in [0.25, 0.3) is 16.7 Å². The first-order valence-corrected chi connectivity index (χ1v) is 19.4. The molecule has 0 aliphatic heterocycles. The van der Waals surface area contributed by atoms with Crippen LogP contribution >= 0.6 is 55.2 Å². The van der Waals surface area contributed by atoms with Gasteiger partial charge in [-0.1, -0.05) is 54.9 Å². The summed E-state index contributed by atoms with van der Waals surface area (Å²) in [4.78, 5) is 57.2. The molecule has 0 unspecified atom stereocenters. The topological polar surface area (TPSA) is 241 Å². The first kappa shape index (κ1) is 37.6. The van der Waals surface area contributed by atoms with Crippen LogP contribution in [0.2, 0.25) is 5.02 Å². The minimum Gasteiger partial charge on any atom is -0.397 e. The van der Waals surface area contributed by atoms with E-state index in [9.17, 15) is 14.4 Å². The van der Waals surface area contributed by atoms with Gasteiger partial charge in [0.2, 0.25) is 17.8 Å². The number of hydrogen-bond donors (Lipinski definition) is 7. The zero-order valence-corrected chi connectivity index (χ0v) is 33.4. The lowest BCUT2D eigenvalue weighted by Gasteiger charge is -2.09. The Labute approximate surface area is 336 Å². The van der Waals surface area contributed by atoms with E-state index in [4.69, 9.17) is 34.5 Å². The van der Waals surface area contributed by atoms with E-state index >= 15 is 0 Å². The highest BCUT2D eigenvalue weighted by Crippen LogP contribution is 2.37. The largest absolute Gasteiger partial charge is 0.397 e. The molecule has 0 radical (unpaired) electrons. The lowest BCUT2D eigenvalue weighted by molar-refractivity contribution is 1.19. The third-order valence-corrected chi connectivity index (χ3v) is 11.3. The molecule has 0 aliphatic carbocycles. The molecule has 0 atom stereocenters. The molecule has 0 saturated heterocycles. The predicted molar refractivity (Wildman–Crippen MR) is 234 cm³/mol. The number of nitrogens with one attached hydrogen (secondary N) is 3. The van der Waals surface area contributed by atoms with Gasteiger partial charge in [-0.05, 0) is 107 Å². The normalized spacial score (nSPS) is 11.2. The van der Waals surface area contributed by atoms with E-state index in [1.54, 1.807) is 36.0 Å². The molecule has 0 aliphatic rings. The quantitative estimate of drug-likeness (QED) is 0.0501. The van der Waals surface area contributed by atoms with Crippen LogP contribution in [0.5, 0.6) is 0 Å². The Bertz CT molecular complexity index is 3190. The number of halogens is 3. The molecule has 0 amide bonds. The lowest BCUT2D eigenvalue weighted by atomic mass is 10.1. The summed E-state index contributed by atoms with van der Waals surface area (Å²) in [5.74, 6) is 1.36. The van der Waals surface area contributed by atoms with Crippen LogP contribution in [-0.2, 0) is 0 Å². The molecule has 276 valence electrons. The van der Waals surface area contributed by atoms with Gasteiger partial charge in [0.05, 0.1) is 38.4 Å². The van der Waals surface area contributed by atoms with E-state index in [-0.39, 0.29) is 34.5 Å². The molecule has 3 aromatic heterocycles. The maximum Gasteiger partial charge on any atom is 0.260 e. The molecular formula is C38H29Br2ClN10O3S. The summed E-state index contributed by atoms with van der Waals surface area (Å²) < 4.78 is 1.46. The van der Waals surface area contributed by atoms with Crippen LogP contribution < -0.4 is 39.6 Å². The van der Waals surface area contributed by atoms with Crippen LogP contribution in [0.25, 0.3) is 65.0 Å². The Morgan fingerprint density at radius 1 is 0.618 bits per heavy atom.